The largest absolute Gasteiger partial charge is 0.540 e. The summed E-state index contributed by atoms with van der Waals surface area (Å²) in [7, 11) is 3.18. The highest BCUT2D eigenvalue weighted by Gasteiger charge is 2.33. The van der Waals surface area contributed by atoms with Crippen LogP contribution >= 0.6 is 0 Å². The molecule has 0 amide bonds. The van der Waals surface area contributed by atoms with Crippen molar-refractivity contribution in [2.45, 2.75) is 50.9 Å². The second-order valence-electron chi connectivity index (χ2n) is 4.79. The average Bonchev–Trinajstić information content (AvgIpc) is 2.39. The molecule has 85 valence electrons. The molecule has 1 aromatic carbocycles. The predicted molar refractivity (Wildman–Crippen MR) is 67.9 cm³/mol. The van der Waals surface area contributed by atoms with Crippen molar-refractivity contribution in [3.8, 4) is 5.75 Å². The van der Waals surface area contributed by atoms with Crippen LogP contribution in [-0.4, -0.2) is 10.5 Å². The number of para-hydroxylation sites is 1. The van der Waals surface area contributed by atoms with Crippen LogP contribution in [0.15, 0.2) is 24.3 Å². The summed E-state index contributed by atoms with van der Waals surface area (Å²) in [6, 6.07) is 8.43. The summed E-state index contributed by atoms with van der Waals surface area (Å²) in [6.07, 6.45) is 7.90. The van der Waals surface area contributed by atoms with Crippen LogP contribution in [0.2, 0.25) is 0 Å². The van der Waals surface area contributed by atoms with Gasteiger partial charge in [0, 0.05) is 0 Å². The number of rotatable bonds is 3. The molecule has 0 aliphatic heterocycles. The van der Waals surface area contributed by atoms with Crippen molar-refractivity contribution >= 4 is 10.5 Å². The van der Waals surface area contributed by atoms with Crippen LogP contribution < -0.4 is 4.43 Å². The molecule has 16 heavy (non-hydrogen) atoms. The summed E-state index contributed by atoms with van der Waals surface area (Å²) >= 11 is 0. The predicted octanol–water partition coefficient (Wildman–Crippen LogP) is 3.76. The van der Waals surface area contributed by atoms with Crippen molar-refractivity contribution in [3.05, 3.63) is 29.8 Å². The lowest BCUT2D eigenvalue weighted by Crippen LogP contribution is -2.28. The summed E-state index contributed by atoms with van der Waals surface area (Å²) in [6.45, 7) is 2.30. The summed E-state index contributed by atoms with van der Waals surface area (Å²) in [5.74, 6) is 0.989. The molecule has 1 nitrogen and oxygen atoms in total. The van der Waals surface area contributed by atoms with E-state index in [4.69, 9.17) is 4.43 Å². The lowest BCUT2D eigenvalue weighted by atomic mass is 9.67. The van der Waals surface area contributed by atoms with E-state index < -0.39 is 0 Å². The van der Waals surface area contributed by atoms with Gasteiger partial charge in [0.2, 0.25) is 0 Å². The first kappa shape index (κ1) is 11.7. The standard InChI is InChI=1S/C14H19OSi/c1-2-14(10-6-3-7-11-14)12-8-4-5-9-13(12)15-16/h4-5,8-9H,2-3,6-7,10-11H2,1H3. The Hall–Kier alpha value is -0.763. The Balaban J connectivity index is 2.38. The van der Waals surface area contributed by atoms with Crippen molar-refractivity contribution in [3.63, 3.8) is 0 Å². The van der Waals surface area contributed by atoms with Crippen LogP contribution in [-0.2, 0) is 5.41 Å². The van der Waals surface area contributed by atoms with Crippen LogP contribution in [0.3, 0.4) is 0 Å². The van der Waals surface area contributed by atoms with Crippen LogP contribution in [0, 0.1) is 0 Å². The molecule has 0 N–H and O–H groups in total. The average molecular weight is 231 g/mol. The molecule has 0 spiro atoms. The van der Waals surface area contributed by atoms with Gasteiger partial charge in [-0.05, 0) is 36.3 Å². The molecule has 2 rings (SSSR count). The third kappa shape index (κ3) is 2.03. The van der Waals surface area contributed by atoms with E-state index in [-0.39, 0.29) is 0 Å². The summed E-state index contributed by atoms with van der Waals surface area (Å²) in [5, 5.41) is 0. The lowest BCUT2D eigenvalue weighted by molar-refractivity contribution is 0.279. The molecule has 0 heterocycles. The summed E-state index contributed by atoms with van der Waals surface area (Å²) < 4.78 is 5.33. The highest BCUT2D eigenvalue weighted by Crippen LogP contribution is 2.45. The van der Waals surface area contributed by atoms with E-state index in [1.54, 1.807) is 0 Å². The van der Waals surface area contributed by atoms with Gasteiger partial charge < -0.3 is 4.43 Å². The lowest BCUT2D eigenvalue weighted by Gasteiger charge is -2.38. The van der Waals surface area contributed by atoms with Crippen molar-refractivity contribution < 1.29 is 4.43 Å². The van der Waals surface area contributed by atoms with Gasteiger partial charge in [-0.25, -0.2) is 0 Å². The van der Waals surface area contributed by atoms with E-state index in [1.165, 1.54) is 44.1 Å². The maximum atomic E-state index is 5.33. The molecule has 1 aromatic rings. The molecule has 0 atom stereocenters. The molecule has 1 aliphatic carbocycles. The van der Waals surface area contributed by atoms with Gasteiger partial charge in [-0.15, -0.1) is 0 Å². The molecule has 0 saturated heterocycles. The van der Waals surface area contributed by atoms with Gasteiger partial charge in [0.25, 0.3) is 0 Å². The monoisotopic (exact) mass is 231 g/mol. The molecule has 1 fully saturated rings. The first-order valence-electron chi connectivity index (χ1n) is 6.25. The Kier molecular flexibility index (Phi) is 3.69. The Morgan fingerprint density at radius 3 is 2.50 bits per heavy atom. The SMILES string of the molecule is CCC1(c2ccccc2O[Si])CCCCC1. The second kappa shape index (κ2) is 5.04. The fourth-order valence-electron chi connectivity index (χ4n) is 3.04. The fraction of sp³-hybridized carbons (Fsp3) is 0.571. The number of hydrogen-bond donors (Lipinski definition) is 0. The molecule has 1 saturated carbocycles. The first-order valence-corrected chi connectivity index (χ1v) is 6.66. The van der Waals surface area contributed by atoms with Crippen LogP contribution in [0.1, 0.15) is 51.0 Å². The maximum absolute atomic E-state index is 5.33. The minimum Gasteiger partial charge on any atom is -0.540 e. The van der Waals surface area contributed by atoms with Gasteiger partial charge in [0.15, 0.2) is 0 Å². The molecule has 1 aliphatic rings. The van der Waals surface area contributed by atoms with E-state index in [9.17, 15) is 0 Å². The molecule has 3 radical (unpaired) electrons. The van der Waals surface area contributed by atoms with E-state index in [1.807, 2.05) is 12.1 Å². The van der Waals surface area contributed by atoms with E-state index in [2.05, 4.69) is 29.5 Å². The minimum atomic E-state index is 0.349. The molecule has 2 heteroatoms. The van der Waals surface area contributed by atoms with Crippen molar-refractivity contribution in [1.82, 2.24) is 0 Å². The zero-order chi connectivity index (χ0) is 11.4. The number of hydrogen-bond acceptors (Lipinski definition) is 1. The van der Waals surface area contributed by atoms with Gasteiger partial charge in [-0.2, -0.15) is 0 Å². The number of benzene rings is 1. The van der Waals surface area contributed by atoms with Crippen LogP contribution in [0.25, 0.3) is 0 Å². The van der Waals surface area contributed by atoms with Crippen LogP contribution in [0.4, 0.5) is 0 Å². The zero-order valence-corrected chi connectivity index (χ0v) is 11.0. The van der Waals surface area contributed by atoms with Gasteiger partial charge in [0.05, 0.1) is 0 Å². The topological polar surface area (TPSA) is 9.23 Å². The van der Waals surface area contributed by atoms with Crippen molar-refractivity contribution in [1.29, 1.82) is 0 Å². The Morgan fingerprint density at radius 1 is 1.19 bits per heavy atom. The fourth-order valence-corrected chi connectivity index (χ4v) is 3.21. The zero-order valence-electron chi connectivity index (χ0n) is 9.96. The van der Waals surface area contributed by atoms with E-state index >= 15 is 0 Å². The Bertz CT molecular complexity index is 342. The molecule has 0 bridgehead atoms. The molecule has 0 aromatic heterocycles. The van der Waals surface area contributed by atoms with Crippen molar-refractivity contribution in [2.24, 2.45) is 0 Å². The molecular formula is C14H19OSi. The quantitative estimate of drug-likeness (QED) is 0.720. The van der Waals surface area contributed by atoms with Crippen LogP contribution in [0.5, 0.6) is 5.75 Å². The van der Waals surface area contributed by atoms with E-state index in [0.717, 1.165) is 5.75 Å². The molecular weight excluding hydrogens is 212 g/mol. The summed E-state index contributed by atoms with van der Waals surface area (Å²) in [5.41, 5.74) is 1.73. The molecule has 0 unspecified atom stereocenters. The van der Waals surface area contributed by atoms with Gasteiger partial charge in [-0.1, -0.05) is 44.4 Å². The van der Waals surface area contributed by atoms with Gasteiger partial charge >= 0.3 is 10.5 Å². The maximum Gasteiger partial charge on any atom is 0.341 e. The summed E-state index contributed by atoms with van der Waals surface area (Å²) in [4.78, 5) is 0. The highest BCUT2D eigenvalue weighted by atomic mass is 28.2. The first-order chi connectivity index (χ1) is 7.82. The normalized spacial score (nSPS) is 19.4. The second-order valence-corrected chi connectivity index (χ2v) is 5.00. The smallest absolute Gasteiger partial charge is 0.341 e. The van der Waals surface area contributed by atoms with Gasteiger partial charge in [0.1, 0.15) is 5.75 Å². The Morgan fingerprint density at radius 2 is 1.88 bits per heavy atom. The highest BCUT2D eigenvalue weighted by molar-refractivity contribution is 6.00. The van der Waals surface area contributed by atoms with Gasteiger partial charge in [-0.3, -0.25) is 0 Å². The van der Waals surface area contributed by atoms with Crippen molar-refractivity contribution in [2.75, 3.05) is 0 Å². The minimum absolute atomic E-state index is 0.349. The Labute approximate surface area is 102 Å². The third-order valence-electron chi connectivity index (χ3n) is 4.06. The third-order valence-corrected chi connectivity index (χ3v) is 4.28. The van der Waals surface area contributed by atoms with E-state index in [0.29, 0.717) is 5.41 Å².